The van der Waals surface area contributed by atoms with Crippen LogP contribution in [-0.4, -0.2) is 17.0 Å². The molecule has 0 saturated carbocycles. The lowest BCUT2D eigenvalue weighted by Gasteiger charge is -2.15. The molecule has 0 radical (unpaired) electrons. The molecular formula is C25H22FN3O3. The third-order valence-corrected chi connectivity index (χ3v) is 5.31. The molecule has 4 rings (SSSR count). The summed E-state index contributed by atoms with van der Waals surface area (Å²) in [6, 6.07) is 19.1. The van der Waals surface area contributed by atoms with Crippen LogP contribution in [0.3, 0.4) is 0 Å². The summed E-state index contributed by atoms with van der Waals surface area (Å²) >= 11 is 0. The Balaban J connectivity index is 1.78. The summed E-state index contributed by atoms with van der Waals surface area (Å²) in [5, 5.41) is 15.0. The van der Waals surface area contributed by atoms with Gasteiger partial charge in [0, 0.05) is 24.2 Å². The van der Waals surface area contributed by atoms with Gasteiger partial charge in [-0.1, -0.05) is 36.4 Å². The highest BCUT2D eigenvalue weighted by molar-refractivity contribution is 6.37. The van der Waals surface area contributed by atoms with Crippen molar-refractivity contribution in [2.24, 2.45) is 5.73 Å². The first-order chi connectivity index (χ1) is 15.4. The second-order valence-electron chi connectivity index (χ2n) is 7.51. The third-order valence-electron chi connectivity index (χ3n) is 5.31. The third kappa shape index (κ3) is 4.53. The summed E-state index contributed by atoms with van der Waals surface area (Å²) in [4.78, 5) is 23.7. The number of fused-ring (bicyclic) bond motifs is 1. The van der Waals surface area contributed by atoms with E-state index in [0.29, 0.717) is 35.5 Å². The van der Waals surface area contributed by atoms with E-state index in [4.69, 9.17) is 10.8 Å². The Bertz CT molecular complexity index is 1200. The summed E-state index contributed by atoms with van der Waals surface area (Å²) < 4.78 is 13.7. The lowest BCUT2D eigenvalue weighted by molar-refractivity contribution is -0.137. The summed E-state index contributed by atoms with van der Waals surface area (Å²) in [5.74, 6) is -1.62. The maximum atomic E-state index is 13.7. The number of benzene rings is 3. The molecule has 0 fully saturated rings. The lowest BCUT2D eigenvalue weighted by Crippen LogP contribution is -2.10. The molecule has 7 heteroatoms. The van der Waals surface area contributed by atoms with E-state index in [1.165, 1.54) is 12.1 Å². The maximum Gasteiger partial charge on any atom is 0.303 e. The summed E-state index contributed by atoms with van der Waals surface area (Å²) in [6.07, 6.45) is 0.457. The zero-order chi connectivity index (χ0) is 22.7. The van der Waals surface area contributed by atoms with Gasteiger partial charge >= 0.3 is 5.97 Å². The van der Waals surface area contributed by atoms with Crippen molar-refractivity contribution in [2.45, 2.75) is 19.4 Å². The number of hydrogen-bond acceptors (Lipinski definition) is 4. The molecule has 6 nitrogen and oxygen atoms in total. The molecule has 0 saturated heterocycles. The molecule has 162 valence electrons. The molecule has 32 heavy (non-hydrogen) atoms. The Kier molecular flexibility index (Phi) is 6.00. The van der Waals surface area contributed by atoms with Crippen molar-refractivity contribution in [1.29, 1.82) is 0 Å². The van der Waals surface area contributed by atoms with E-state index in [1.54, 1.807) is 6.07 Å². The molecule has 0 aliphatic carbocycles. The number of nitrogens with one attached hydrogen (secondary N) is 2. The number of aliphatic carboxylic acids is 1. The van der Waals surface area contributed by atoms with Crippen LogP contribution in [0.1, 0.15) is 28.7 Å². The zero-order valence-electron chi connectivity index (χ0n) is 17.2. The van der Waals surface area contributed by atoms with E-state index in [2.05, 4.69) is 10.6 Å². The molecule has 5 N–H and O–H groups in total. The highest BCUT2D eigenvalue weighted by atomic mass is 19.1. The molecule has 0 atom stereocenters. The minimum Gasteiger partial charge on any atom is -0.481 e. The first-order valence-electron chi connectivity index (χ1n) is 10.2. The Morgan fingerprint density at radius 1 is 1.00 bits per heavy atom. The number of carbonyl (C=O) groups is 2. The molecule has 1 aliphatic heterocycles. The SMILES string of the molecule is NCc1ccc(NC(=C2C(=O)Nc3cc(F)ccc32)c2ccc(CCC(=O)O)cc2)cc1. The number of hydrogen-bond donors (Lipinski definition) is 4. The van der Waals surface area contributed by atoms with Crippen molar-refractivity contribution >= 4 is 34.5 Å². The highest BCUT2D eigenvalue weighted by Crippen LogP contribution is 2.38. The topological polar surface area (TPSA) is 104 Å². The smallest absolute Gasteiger partial charge is 0.303 e. The monoisotopic (exact) mass is 431 g/mol. The summed E-state index contributed by atoms with van der Waals surface area (Å²) in [7, 11) is 0. The minimum absolute atomic E-state index is 0.0420. The molecule has 1 aliphatic rings. The van der Waals surface area contributed by atoms with Crippen molar-refractivity contribution in [2.75, 3.05) is 10.6 Å². The van der Waals surface area contributed by atoms with Crippen LogP contribution in [0.25, 0.3) is 11.3 Å². The number of carbonyl (C=O) groups excluding carboxylic acids is 1. The van der Waals surface area contributed by atoms with Crippen molar-refractivity contribution in [3.05, 3.63) is 94.8 Å². The molecule has 3 aromatic carbocycles. The number of halogens is 1. The normalized spacial score (nSPS) is 14.0. The van der Waals surface area contributed by atoms with Crippen LogP contribution in [0, 0.1) is 5.82 Å². The number of rotatable bonds is 7. The molecule has 0 aromatic heterocycles. The van der Waals surface area contributed by atoms with Gasteiger partial charge in [-0.05, 0) is 53.4 Å². The van der Waals surface area contributed by atoms with Gasteiger partial charge in [0.25, 0.3) is 5.91 Å². The molecule has 0 spiro atoms. The second kappa shape index (κ2) is 9.03. The number of carboxylic acid groups (broad SMARTS) is 1. The van der Waals surface area contributed by atoms with Gasteiger partial charge in [0.2, 0.25) is 0 Å². The number of aryl methyl sites for hydroxylation is 1. The van der Waals surface area contributed by atoms with Crippen molar-refractivity contribution in [3.8, 4) is 0 Å². The standard InChI is InChI=1S/C25H22FN3O3/c26-18-8-11-20-21(13-18)29-25(32)23(20)24(28-19-9-3-16(14-27)4-10-19)17-6-1-15(2-7-17)5-12-22(30)31/h1-4,6-11,13,28H,5,12,14,27H2,(H,29,32)(H,30,31). The van der Waals surface area contributed by atoms with Gasteiger partial charge < -0.3 is 21.5 Å². The largest absolute Gasteiger partial charge is 0.481 e. The van der Waals surface area contributed by atoms with Crippen molar-refractivity contribution < 1.29 is 19.1 Å². The second-order valence-corrected chi connectivity index (χ2v) is 7.51. The van der Waals surface area contributed by atoms with Gasteiger partial charge in [-0.15, -0.1) is 0 Å². The van der Waals surface area contributed by atoms with E-state index in [-0.39, 0.29) is 12.3 Å². The Labute approximate surface area is 184 Å². The molecule has 1 heterocycles. The number of carboxylic acids is 1. The molecule has 3 aromatic rings. The first-order valence-corrected chi connectivity index (χ1v) is 10.2. The Hall–Kier alpha value is -3.97. The summed E-state index contributed by atoms with van der Waals surface area (Å²) in [5.41, 5.74) is 11.0. The molecular weight excluding hydrogens is 409 g/mol. The molecule has 0 bridgehead atoms. The van der Waals surface area contributed by atoms with Gasteiger partial charge in [0.1, 0.15) is 5.82 Å². The number of anilines is 2. The zero-order valence-corrected chi connectivity index (χ0v) is 17.2. The average molecular weight is 431 g/mol. The van der Waals surface area contributed by atoms with Crippen molar-refractivity contribution in [3.63, 3.8) is 0 Å². The minimum atomic E-state index is -0.856. The van der Waals surface area contributed by atoms with Crippen LogP contribution in [0.2, 0.25) is 0 Å². The number of nitrogens with two attached hydrogens (primary N) is 1. The average Bonchev–Trinajstić information content (AvgIpc) is 3.11. The van der Waals surface area contributed by atoms with E-state index < -0.39 is 11.8 Å². The van der Waals surface area contributed by atoms with Crippen LogP contribution in [0.4, 0.5) is 15.8 Å². The van der Waals surface area contributed by atoms with Gasteiger partial charge in [0.15, 0.2) is 0 Å². The van der Waals surface area contributed by atoms with Crippen LogP contribution < -0.4 is 16.4 Å². The summed E-state index contributed by atoms with van der Waals surface area (Å²) in [6.45, 7) is 0.424. The van der Waals surface area contributed by atoms with E-state index in [1.807, 2.05) is 48.5 Å². The van der Waals surface area contributed by atoms with Gasteiger partial charge in [-0.3, -0.25) is 9.59 Å². The van der Waals surface area contributed by atoms with Crippen LogP contribution in [0.5, 0.6) is 0 Å². The van der Waals surface area contributed by atoms with Gasteiger partial charge in [-0.25, -0.2) is 4.39 Å². The van der Waals surface area contributed by atoms with Crippen molar-refractivity contribution in [1.82, 2.24) is 0 Å². The molecule has 1 amide bonds. The maximum absolute atomic E-state index is 13.7. The van der Waals surface area contributed by atoms with Crippen LogP contribution >= 0.6 is 0 Å². The van der Waals surface area contributed by atoms with E-state index >= 15 is 0 Å². The highest BCUT2D eigenvalue weighted by Gasteiger charge is 2.28. The first kappa shape index (κ1) is 21.3. The fourth-order valence-electron chi connectivity index (χ4n) is 3.63. The predicted octanol–water partition coefficient (Wildman–Crippen LogP) is 4.23. The Morgan fingerprint density at radius 2 is 1.69 bits per heavy atom. The predicted molar refractivity (Wildman–Crippen MR) is 122 cm³/mol. The van der Waals surface area contributed by atoms with Gasteiger partial charge in [-0.2, -0.15) is 0 Å². The lowest BCUT2D eigenvalue weighted by atomic mass is 9.98. The quantitative estimate of drug-likeness (QED) is 0.419. The fourth-order valence-corrected chi connectivity index (χ4v) is 3.63. The Morgan fingerprint density at radius 3 is 2.34 bits per heavy atom. The molecule has 0 unspecified atom stereocenters. The number of amides is 1. The van der Waals surface area contributed by atoms with Crippen LogP contribution in [-0.2, 0) is 22.6 Å². The van der Waals surface area contributed by atoms with Gasteiger partial charge in [0.05, 0.1) is 17.0 Å². The van der Waals surface area contributed by atoms with E-state index in [0.717, 1.165) is 22.4 Å². The van der Waals surface area contributed by atoms with Crippen LogP contribution in [0.15, 0.2) is 66.7 Å². The fraction of sp³-hybridized carbons (Fsp3) is 0.120. The van der Waals surface area contributed by atoms with E-state index in [9.17, 15) is 14.0 Å².